The summed E-state index contributed by atoms with van der Waals surface area (Å²) in [5.41, 5.74) is 0.101. The first-order valence-corrected chi connectivity index (χ1v) is 5.69. The Morgan fingerprint density at radius 2 is 1.89 bits per heavy atom. The second kappa shape index (κ2) is 4.88. The van der Waals surface area contributed by atoms with E-state index in [9.17, 15) is 18.0 Å². The summed E-state index contributed by atoms with van der Waals surface area (Å²) < 4.78 is 37.8. The van der Waals surface area contributed by atoms with E-state index >= 15 is 0 Å². The smallest absolute Gasteiger partial charge is 0.370 e. The van der Waals surface area contributed by atoms with Crippen LogP contribution in [-0.4, -0.2) is 19.5 Å². The highest BCUT2D eigenvalue weighted by Gasteiger charge is 2.31. The van der Waals surface area contributed by atoms with E-state index in [0.717, 1.165) is 38.1 Å². The van der Waals surface area contributed by atoms with E-state index in [-0.39, 0.29) is 5.69 Å². The predicted molar refractivity (Wildman–Crippen MR) is 62.6 cm³/mol. The molecule has 0 radical (unpaired) electrons. The molecule has 1 amide bonds. The first-order valence-electron chi connectivity index (χ1n) is 5.69. The Bertz CT molecular complexity index is 439. The molecular formula is C12H13F3N2O. The lowest BCUT2D eigenvalue weighted by Crippen LogP contribution is -2.19. The van der Waals surface area contributed by atoms with Gasteiger partial charge in [-0.3, -0.25) is 4.79 Å². The molecule has 18 heavy (non-hydrogen) atoms. The van der Waals surface area contributed by atoms with E-state index in [0.29, 0.717) is 12.1 Å². The van der Waals surface area contributed by atoms with Gasteiger partial charge in [0.15, 0.2) is 0 Å². The van der Waals surface area contributed by atoms with Crippen LogP contribution in [0.5, 0.6) is 0 Å². The summed E-state index contributed by atoms with van der Waals surface area (Å²) in [4.78, 5) is 12.5. The third-order valence-corrected chi connectivity index (χ3v) is 2.99. The number of rotatable bonds is 3. The molecule has 0 atom stereocenters. The lowest BCUT2D eigenvalue weighted by atomic mass is 10.1. The highest BCUT2D eigenvalue weighted by molar-refractivity contribution is 5.82. The Hall–Kier alpha value is -1.72. The van der Waals surface area contributed by atoms with Gasteiger partial charge in [-0.25, -0.2) is 0 Å². The molecule has 1 fully saturated rings. The van der Waals surface area contributed by atoms with Crippen molar-refractivity contribution >= 4 is 17.8 Å². The van der Waals surface area contributed by atoms with Crippen LogP contribution in [0.1, 0.15) is 18.4 Å². The van der Waals surface area contributed by atoms with Gasteiger partial charge in [0.1, 0.15) is 0 Å². The lowest BCUT2D eigenvalue weighted by Gasteiger charge is -2.22. The molecular weight excluding hydrogens is 245 g/mol. The van der Waals surface area contributed by atoms with Gasteiger partial charge in [0.05, 0.1) is 16.9 Å². The van der Waals surface area contributed by atoms with Crippen LogP contribution in [0.25, 0.3) is 0 Å². The summed E-state index contributed by atoms with van der Waals surface area (Å²) in [5.74, 6) is 0. The molecule has 0 aliphatic carbocycles. The number of nitrogens with one attached hydrogen (secondary N) is 1. The predicted octanol–water partition coefficient (Wildman–Crippen LogP) is 2.87. The Morgan fingerprint density at radius 3 is 2.44 bits per heavy atom. The lowest BCUT2D eigenvalue weighted by molar-refractivity contribution is -0.137. The van der Waals surface area contributed by atoms with Crippen LogP contribution in [0, 0.1) is 0 Å². The van der Waals surface area contributed by atoms with Crippen LogP contribution in [0.4, 0.5) is 24.5 Å². The second-order valence-electron chi connectivity index (χ2n) is 4.19. The van der Waals surface area contributed by atoms with E-state index < -0.39 is 11.7 Å². The molecule has 1 N–H and O–H groups in total. The van der Waals surface area contributed by atoms with Crippen molar-refractivity contribution in [2.24, 2.45) is 0 Å². The molecule has 1 aromatic carbocycles. The maximum atomic E-state index is 12.6. The molecule has 1 aromatic rings. The number of carbonyl (C=O) groups is 1. The number of nitrogens with zero attached hydrogens (tertiary/aromatic N) is 1. The minimum Gasteiger partial charge on any atom is -0.370 e. The topological polar surface area (TPSA) is 32.3 Å². The Morgan fingerprint density at radius 1 is 1.22 bits per heavy atom. The molecule has 0 spiro atoms. The van der Waals surface area contributed by atoms with Crippen molar-refractivity contribution in [3.63, 3.8) is 0 Å². The number of hydrogen-bond donors (Lipinski definition) is 1. The Labute approximate surface area is 103 Å². The monoisotopic (exact) mass is 258 g/mol. The third kappa shape index (κ3) is 2.57. The van der Waals surface area contributed by atoms with Crippen molar-refractivity contribution in [3.8, 4) is 0 Å². The summed E-state index contributed by atoms with van der Waals surface area (Å²) in [7, 11) is 0. The summed E-state index contributed by atoms with van der Waals surface area (Å²) in [6, 6.07) is 3.44. The van der Waals surface area contributed by atoms with Gasteiger partial charge >= 0.3 is 6.18 Å². The van der Waals surface area contributed by atoms with Gasteiger partial charge < -0.3 is 10.2 Å². The van der Waals surface area contributed by atoms with Gasteiger partial charge in [-0.05, 0) is 31.0 Å². The summed E-state index contributed by atoms with van der Waals surface area (Å²) in [6.07, 6.45) is -1.97. The number of carbonyl (C=O) groups excluding carboxylic acids is 1. The Balaban J connectivity index is 2.37. The van der Waals surface area contributed by atoms with E-state index in [1.54, 1.807) is 0 Å². The van der Waals surface area contributed by atoms with Crippen molar-refractivity contribution in [2.45, 2.75) is 19.0 Å². The number of hydrogen-bond acceptors (Lipinski definition) is 2. The molecule has 1 saturated heterocycles. The van der Waals surface area contributed by atoms with Crippen molar-refractivity contribution in [1.82, 2.24) is 0 Å². The number of halogens is 3. The quantitative estimate of drug-likeness (QED) is 0.845. The molecule has 2 rings (SSSR count). The van der Waals surface area contributed by atoms with Gasteiger partial charge in [0.2, 0.25) is 6.41 Å². The molecule has 1 aliphatic rings. The normalized spacial score (nSPS) is 15.8. The molecule has 0 unspecified atom stereocenters. The van der Waals surface area contributed by atoms with Crippen molar-refractivity contribution in [3.05, 3.63) is 23.8 Å². The molecule has 98 valence electrons. The highest BCUT2D eigenvalue weighted by atomic mass is 19.4. The average molecular weight is 258 g/mol. The molecule has 0 saturated carbocycles. The van der Waals surface area contributed by atoms with Gasteiger partial charge in [0.25, 0.3) is 0 Å². The van der Waals surface area contributed by atoms with E-state index in [4.69, 9.17) is 0 Å². The van der Waals surface area contributed by atoms with E-state index in [2.05, 4.69) is 5.32 Å². The number of alkyl halides is 3. The first kappa shape index (κ1) is 12.7. The maximum Gasteiger partial charge on any atom is 0.416 e. The van der Waals surface area contributed by atoms with Crippen molar-refractivity contribution in [1.29, 1.82) is 0 Å². The zero-order valence-corrected chi connectivity index (χ0v) is 9.63. The largest absolute Gasteiger partial charge is 0.416 e. The van der Waals surface area contributed by atoms with Crippen LogP contribution in [0.3, 0.4) is 0 Å². The molecule has 6 heteroatoms. The van der Waals surface area contributed by atoms with Gasteiger partial charge in [-0.2, -0.15) is 13.2 Å². The number of benzene rings is 1. The minimum atomic E-state index is -4.40. The standard InChI is InChI=1S/C12H13F3N2O/c13-12(14,15)9-3-4-11(10(7-9)16-8-18)17-5-1-2-6-17/h3-4,7-8H,1-2,5-6H2,(H,16,18). The highest BCUT2D eigenvalue weighted by Crippen LogP contribution is 2.36. The fourth-order valence-electron chi connectivity index (χ4n) is 2.13. The van der Waals surface area contributed by atoms with E-state index in [1.807, 2.05) is 4.90 Å². The van der Waals surface area contributed by atoms with Gasteiger partial charge in [-0.15, -0.1) is 0 Å². The summed E-state index contributed by atoms with van der Waals surface area (Å²) >= 11 is 0. The maximum absolute atomic E-state index is 12.6. The van der Waals surface area contributed by atoms with Crippen LogP contribution in [-0.2, 0) is 11.0 Å². The van der Waals surface area contributed by atoms with Crippen LogP contribution in [0.15, 0.2) is 18.2 Å². The molecule has 3 nitrogen and oxygen atoms in total. The van der Waals surface area contributed by atoms with Gasteiger partial charge in [-0.1, -0.05) is 0 Å². The van der Waals surface area contributed by atoms with Gasteiger partial charge in [0, 0.05) is 13.1 Å². The number of anilines is 2. The van der Waals surface area contributed by atoms with Crippen molar-refractivity contribution in [2.75, 3.05) is 23.3 Å². The third-order valence-electron chi connectivity index (χ3n) is 2.99. The summed E-state index contributed by atoms with van der Waals surface area (Å²) in [6.45, 7) is 1.61. The SMILES string of the molecule is O=CNc1cc(C(F)(F)F)ccc1N1CCCC1. The fraction of sp³-hybridized carbons (Fsp3) is 0.417. The zero-order chi connectivity index (χ0) is 13.2. The molecule has 0 aromatic heterocycles. The van der Waals surface area contributed by atoms with Crippen LogP contribution < -0.4 is 10.2 Å². The average Bonchev–Trinajstić information content (AvgIpc) is 2.81. The van der Waals surface area contributed by atoms with Crippen LogP contribution >= 0.6 is 0 Å². The molecule has 0 bridgehead atoms. The zero-order valence-electron chi connectivity index (χ0n) is 9.63. The minimum absolute atomic E-state index is 0.210. The second-order valence-corrected chi connectivity index (χ2v) is 4.19. The first-order chi connectivity index (χ1) is 8.52. The number of amides is 1. The summed E-state index contributed by atoms with van der Waals surface area (Å²) in [5, 5.41) is 2.34. The fourth-order valence-corrected chi connectivity index (χ4v) is 2.13. The Kier molecular flexibility index (Phi) is 3.45. The van der Waals surface area contributed by atoms with Crippen LogP contribution in [0.2, 0.25) is 0 Å². The molecule has 1 aliphatic heterocycles. The van der Waals surface area contributed by atoms with E-state index in [1.165, 1.54) is 6.07 Å². The molecule has 1 heterocycles. The van der Waals surface area contributed by atoms with Crippen molar-refractivity contribution < 1.29 is 18.0 Å².